The van der Waals surface area contributed by atoms with Crippen LogP contribution in [0.1, 0.15) is 36.8 Å². The molecule has 2 rings (SSSR count). The number of rotatable bonds is 13. The summed E-state index contributed by atoms with van der Waals surface area (Å²) in [5, 5.41) is 24.7. The number of carboxylic acids is 1. The van der Waals surface area contributed by atoms with Crippen molar-refractivity contribution in [2.24, 2.45) is 0 Å². The third kappa shape index (κ3) is 8.08. The molecule has 184 valence electrons. The standard InChI is InChI=1S/C25H32N2O7/c1-16(18-9-10-21(28)22(14-18)33-2)11-12-26-19(15-23(29)30)24(31)27-20(25(32)34-3)13-17-7-5-4-6-8-17/h4-10,14,16,19-20,26,28H,11-13,15H2,1-3H3,(H,27,31)(H,29,30)/t16-,19-,20-/m0/s1. The van der Waals surface area contributed by atoms with E-state index in [-0.39, 0.29) is 18.1 Å². The highest BCUT2D eigenvalue weighted by molar-refractivity contribution is 5.90. The number of carbonyl (C=O) groups excluding carboxylic acids is 2. The predicted octanol–water partition coefficient (Wildman–Crippen LogP) is 2.23. The van der Waals surface area contributed by atoms with Crippen molar-refractivity contribution in [1.82, 2.24) is 10.6 Å². The van der Waals surface area contributed by atoms with Crippen LogP contribution < -0.4 is 15.4 Å². The number of benzene rings is 2. The van der Waals surface area contributed by atoms with Gasteiger partial charge < -0.3 is 30.3 Å². The Morgan fingerprint density at radius 1 is 1.03 bits per heavy atom. The largest absolute Gasteiger partial charge is 0.504 e. The molecule has 1 amide bonds. The first-order valence-electron chi connectivity index (χ1n) is 11.0. The Balaban J connectivity index is 2.01. The molecule has 0 bridgehead atoms. The third-order valence-electron chi connectivity index (χ3n) is 5.52. The van der Waals surface area contributed by atoms with Crippen molar-refractivity contribution in [3.8, 4) is 11.5 Å². The first kappa shape index (κ1) is 26.7. The number of aliphatic carboxylic acids is 1. The van der Waals surface area contributed by atoms with E-state index in [0.29, 0.717) is 18.7 Å². The fraction of sp³-hybridized carbons (Fsp3) is 0.400. The number of nitrogens with one attached hydrogen (secondary N) is 2. The second kappa shape index (κ2) is 13.2. The van der Waals surface area contributed by atoms with E-state index in [2.05, 4.69) is 10.6 Å². The number of carbonyl (C=O) groups is 3. The summed E-state index contributed by atoms with van der Waals surface area (Å²) in [7, 11) is 2.71. The van der Waals surface area contributed by atoms with E-state index in [1.54, 1.807) is 18.2 Å². The molecular formula is C25H32N2O7. The minimum absolute atomic E-state index is 0.0467. The molecule has 2 aromatic rings. The van der Waals surface area contributed by atoms with Crippen LogP contribution in [0.2, 0.25) is 0 Å². The Hall–Kier alpha value is -3.59. The second-order valence-electron chi connectivity index (χ2n) is 8.00. The Kier molecular flexibility index (Phi) is 10.3. The van der Waals surface area contributed by atoms with E-state index >= 15 is 0 Å². The minimum atomic E-state index is -1.14. The van der Waals surface area contributed by atoms with Gasteiger partial charge in [0.2, 0.25) is 5.91 Å². The average molecular weight is 473 g/mol. The summed E-state index contributed by atoms with van der Waals surface area (Å²) in [4.78, 5) is 36.5. The van der Waals surface area contributed by atoms with Gasteiger partial charge in [-0.1, -0.05) is 43.3 Å². The lowest BCUT2D eigenvalue weighted by atomic mass is 9.97. The number of methoxy groups -OCH3 is 2. The molecule has 0 saturated carbocycles. The quantitative estimate of drug-likeness (QED) is 0.326. The zero-order chi connectivity index (χ0) is 25.1. The summed E-state index contributed by atoms with van der Waals surface area (Å²) in [6.07, 6.45) is 0.382. The highest BCUT2D eigenvalue weighted by Gasteiger charge is 2.28. The van der Waals surface area contributed by atoms with Crippen molar-refractivity contribution in [2.75, 3.05) is 20.8 Å². The van der Waals surface area contributed by atoms with Gasteiger partial charge in [-0.2, -0.15) is 0 Å². The molecule has 9 heteroatoms. The number of phenolic OH excluding ortho intramolecular Hbond substituents is 1. The van der Waals surface area contributed by atoms with E-state index in [1.807, 2.05) is 37.3 Å². The molecule has 0 radical (unpaired) electrons. The zero-order valence-corrected chi connectivity index (χ0v) is 19.6. The van der Waals surface area contributed by atoms with Crippen LogP contribution in [0.25, 0.3) is 0 Å². The summed E-state index contributed by atoms with van der Waals surface area (Å²) in [5.74, 6) is -1.87. The second-order valence-corrected chi connectivity index (χ2v) is 8.00. The molecule has 4 N–H and O–H groups in total. The first-order chi connectivity index (χ1) is 16.2. The maximum atomic E-state index is 12.9. The lowest BCUT2D eigenvalue weighted by Crippen LogP contribution is -2.52. The van der Waals surface area contributed by atoms with Gasteiger partial charge >= 0.3 is 11.9 Å². The monoisotopic (exact) mass is 472 g/mol. The summed E-state index contributed by atoms with van der Waals surface area (Å²) in [6, 6.07) is 12.3. The van der Waals surface area contributed by atoms with Gasteiger partial charge in [0.25, 0.3) is 0 Å². The molecule has 0 saturated heterocycles. The first-order valence-corrected chi connectivity index (χ1v) is 11.0. The molecular weight excluding hydrogens is 440 g/mol. The van der Waals surface area contributed by atoms with Crippen LogP contribution in [0, 0.1) is 0 Å². The van der Waals surface area contributed by atoms with E-state index < -0.39 is 36.4 Å². The highest BCUT2D eigenvalue weighted by Crippen LogP contribution is 2.30. The smallest absolute Gasteiger partial charge is 0.328 e. The van der Waals surface area contributed by atoms with Gasteiger partial charge in [-0.3, -0.25) is 9.59 Å². The van der Waals surface area contributed by atoms with Gasteiger partial charge in [0, 0.05) is 6.42 Å². The van der Waals surface area contributed by atoms with Crippen molar-refractivity contribution in [3.63, 3.8) is 0 Å². The van der Waals surface area contributed by atoms with Gasteiger partial charge in [-0.05, 0) is 42.1 Å². The number of phenols is 1. The van der Waals surface area contributed by atoms with Gasteiger partial charge in [0.15, 0.2) is 11.5 Å². The van der Waals surface area contributed by atoms with Gasteiger partial charge in [0.05, 0.1) is 26.7 Å². The van der Waals surface area contributed by atoms with E-state index in [0.717, 1.165) is 11.1 Å². The molecule has 0 aromatic heterocycles. The minimum Gasteiger partial charge on any atom is -0.504 e. The number of carboxylic acid groups (broad SMARTS) is 1. The van der Waals surface area contributed by atoms with Crippen LogP contribution >= 0.6 is 0 Å². The summed E-state index contributed by atoms with van der Waals surface area (Å²) < 4.78 is 9.96. The molecule has 34 heavy (non-hydrogen) atoms. The molecule has 2 aromatic carbocycles. The van der Waals surface area contributed by atoms with Crippen molar-refractivity contribution < 1.29 is 34.1 Å². The average Bonchev–Trinajstić information content (AvgIpc) is 2.83. The molecule has 0 fully saturated rings. The molecule has 9 nitrogen and oxygen atoms in total. The SMILES string of the molecule is COC(=O)[C@H](Cc1ccccc1)NC(=O)[C@H](CC(=O)O)NCC[C@H](C)c1ccc(O)c(OC)c1. The number of hydrogen-bond donors (Lipinski definition) is 4. The summed E-state index contributed by atoms with van der Waals surface area (Å²) in [5.41, 5.74) is 1.77. The predicted molar refractivity (Wildman–Crippen MR) is 126 cm³/mol. The molecule has 0 aliphatic rings. The maximum absolute atomic E-state index is 12.9. The van der Waals surface area contributed by atoms with Crippen LogP contribution in [0.4, 0.5) is 0 Å². The topological polar surface area (TPSA) is 134 Å². The molecule has 0 unspecified atom stereocenters. The number of amides is 1. The van der Waals surface area contributed by atoms with Gasteiger partial charge in [0.1, 0.15) is 6.04 Å². The van der Waals surface area contributed by atoms with Crippen LogP contribution in [-0.2, 0) is 25.5 Å². The zero-order valence-electron chi connectivity index (χ0n) is 19.6. The maximum Gasteiger partial charge on any atom is 0.328 e. The van der Waals surface area contributed by atoms with Crippen molar-refractivity contribution in [3.05, 3.63) is 59.7 Å². The Morgan fingerprint density at radius 2 is 1.74 bits per heavy atom. The van der Waals surface area contributed by atoms with Crippen LogP contribution in [0.3, 0.4) is 0 Å². The molecule has 0 aliphatic heterocycles. The molecule has 3 atom stereocenters. The summed E-state index contributed by atoms with van der Waals surface area (Å²) in [6.45, 7) is 2.34. The number of ether oxygens (including phenoxy) is 2. The van der Waals surface area contributed by atoms with Crippen molar-refractivity contribution in [2.45, 2.75) is 44.2 Å². The van der Waals surface area contributed by atoms with Gasteiger partial charge in [-0.15, -0.1) is 0 Å². The van der Waals surface area contributed by atoms with E-state index in [4.69, 9.17) is 9.47 Å². The fourth-order valence-corrected chi connectivity index (χ4v) is 3.53. The third-order valence-corrected chi connectivity index (χ3v) is 5.52. The van der Waals surface area contributed by atoms with Crippen molar-refractivity contribution >= 4 is 17.8 Å². The fourth-order valence-electron chi connectivity index (χ4n) is 3.53. The van der Waals surface area contributed by atoms with Crippen LogP contribution in [0.5, 0.6) is 11.5 Å². The molecule has 0 spiro atoms. The Labute approximate surface area is 199 Å². The number of esters is 1. The molecule has 0 heterocycles. The van der Waals surface area contributed by atoms with E-state index in [9.17, 15) is 24.6 Å². The van der Waals surface area contributed by atoms with Crippen LogP contribution in [0.15, 0.2) is 48.5 Å². The molecule has 0 aliphatic carbocycles. The lowest BCUT2D eigenvalue weighted by Gasteiger charge is -2.22. The van der Waals surface area contributed by atoms with Gasteiger partial charge in [-0.25, -0.2) is 4.79 Å². The van der Waals surface area contributed by atoms with Crippen molar-refractivity contribution in [1.29, 1.82) is 0 Å². The number of aromatic hydroxyl groups is 1. The Morgan fingerprint density at radius 3 is 2.35 bits per heavy atom. The normalized spacial score (nSPS) is 13.4. The number of hydrogen-bond acceptors (Lipinski definition) is 7. The van der Waals surface area contributed by atoms with Crippen LogP contribution in [-0.4, -0.2) is 60.9 Å². The Bertz CT molecular complexity index is 965. The van der Waals surface area contributed by atoms with E-state index in [1.165, 1.54) is 14.2 Å². The lowest BCUT2D eigenvalue weighted by molar-refractivity contribution is -0.145. The summed E-state index contributed by atoms with van der Waals surface area (Å²) >= 11 is 0. The highest BCUT2D eigenvalue weighted by atomic mass is 16.5.